The Morgan fingerprint density at radius 1 is 1.33 bits per heavy atom. The van der Waals surface area contributed by atoms with Crippen LogP contribution in [0.15, 0.2) is 0 Å². The van der Waals surface area contributed by atoms with Crippen molar-refractivity contribution in [3.8, 4) is 0 Å². The lowest BCUT2D eigenvalue weighted by Crippen LogP contribution is -2.58. The fourth-order valence-electron chi connectivity index (χ4n) is 1.37. The van der Waals surface area contributed by atoms with E-state index in [0.717, 1.165) is 14.0 Å². The molecule has 1 amide bonds. The Balaban J connectivity index is 5.01. The van der Waals surface area contributed by atoms with E-state index < -0.39 is 29.8 Å². The summed E-state index contributed by atoms with van der Waals surface area (Å²) in [6.45, 7) is 2.78. The number of ether oxygens (including phenoxy) is 1. The molecule has 0 rings (SSSR count). The van der Waals surface area contributed by atoms with Crippen LogP contribution in [0.3, 0.4) is 0 Å². The Kier molecular flexibility index (Phi) is 5.56. The maximum atomic E-state index is 12.8. The number of carbonyl (C=O) groups excluding carboxylic acids is 2. The maximum Gasteiger partial charge on any atom is 0.383 e. The molecule has 0 bridgehead atoms. The molecule has 0 aliphatic heterocycles. The molecule has 0 fully saturated rings. The third-order valence-electron chi connectivity index (χ3n) is 2.35. The zero-order chi connectivity index (χ0) is 14.6. The lowest BCUT2D eigenvalue weighted by molar-refractivity contribution is -0.174. The van der Waals surface area contributed by atoms with Gasteiger partial charge in [-0.2, -0.15) is 8.78 Å². The van der Waals surface area contributed by atoms with E-state index in [1.807, 2.05) is 0 Å². The molecule has 0 aromatic rings. The van der Waals surface area contributed by atoms with Crippen LogP contribution in [0.1, 0.15) is 26.7 Å². The topological polar surface area (TPSA) is 55.4 Å². The van der Waals surface area contributed by atoms with Crippen molar-refractivity contribution in [3.05, 3.63) is 0 Å². The molecule has 0 spiro atoms. The predicted molar refractivity (Wildman–Crippen MR) is 54.4 cm³/mol. The van der Waals surface area contributed by atoms with Crippen molar-refractivity contribution in [1.29, 1.82) is 0 Å². The Labute approximate surface area is 102 Å². The fourth-order valence-corrected chi connectivity index (χ4v) is 1.37. The highest BCUT2D eigenvalue weighted by molar-refractivity contribution is 5.91. The van der Waals surface area contributed by atoms with Crippen molar-refractivity contribution < 1.29 is 31.9 Å². The molecule has 0 aromatic carbocycles. The Hall–Kier alpha value is -1.34. The molecule has 0 radical (unpaired) electrons. The Morgan fingerprint density at radius 3 is 2.17 bits per heavy atom. The standard InChI is InChI=1S/C10H15F4NO3/c1-4-5-9(2,8(17)18-3)15-7(16)10(13,14)6(11)12/h6H,4-5H2,1-3H3,(H,15,16). The van der Waals surface area contributed by atoms with E-state index in [1.165, 1.54) is 0 Å². The monoisotopic (exact) mass is 273 g/mol. The summed E-state index contributed by atoms with van der Waals surface area (Å²) in [7, 11) is 1.01. The second-order valence-corrected chi connectivity index (χ2v) is 3.95. The molecule has 18 heavy (non-hydrogen) atoms. The lowest BCUT2D eigenvalue weighted by atomic mass is 9.95. The molecule has 8 heteroatoms. The van der Waals surface area contributed by atoms with Crippen LogP contribution in [0, 0.1) is 0 Å². The molecule has 0 heterocycles. The summed E-state index contributed by atoms with van der Waals surface area (Å²) < 4.78 is 53.8. The van der Waals surface area contributed by atoms with Gasteiger partial charge in [0.15, 0.2) is 0 Å². The summed E-state index contributed by atoms with van der Waals surface area (Å²) >= 11 is 0. The van der Waals surface area contributed by atoms with Gasteiger partial charge in [0, 0.05) is 0 Å². The Morgan fingerprint density at radius 2 is 1.83 bits per heavy atom. The molecule has 0 saturated heterocycles. The molecule has 0 saturated carbocycles. The van der Waals surface area contributed by atoms with E-state index >= 15 is 0 Å². The summed E-state index contributed by atoms with van der Waals surface area (Å²) in [6, 6.07) is 0. The number of rotatable bonds is 6. The summed E-state index contributed by atoms with van der Waals surface area (Å²) in [5, 5.41) is 1.62. The van der Waals surface area contributed by atoms with E-state index in [2.05, 4.69) is 4.74 Å². The summed E-state index contributed by atoms with van der Waals surface area (Å²) in [5.41, 5.74) is -1.75. The molecule has 4 nitrogen and oxygen atoms in total. The van der Waals surface area contributed by atoms with Crippen LogP contribution in [-0.4, -0.2) is 36.9 Å². The predicted octanol–water partition coefficient (Wildman–Crippen LogP) is 1.73. The van der Waals surface area contributed by atoms with Crippen LogP contribution in [0.2, 0.25) is 0 Å². The van der Waals surface area contributed by atoms with Crippen LogP contribution >= 0.6 is 0 Å². The summed E-state index contributed by atoms with van der Waals surface area (Å²) in [4.78, 5) is 22.5. The molecular formula is C10H15F4NO3. The van der Waals surface area contributed by atoms with Gasteiger partial charge in [-0.3, -0.25) is 4.79 Å². The van der Waals surface area contributed by atoms with Gasteiger partial charge in [-0.15, -0.1) is 0 Å². The second-order valence-electron chi connectivity index (χ2n) is 3.95. The molecule has 106 valence electrons. The zero-order valence-electron chi connectivity index (χ0n) is 10.2. The molecule has 0 aliphatic carbocycles. The highest BCUT2D eigenvalue weighted by Gasteiger charge is 2.51. The van der Waals surface area contributed by atoms with Crippen LogP contribution in [0.4, 0.5) is 17.6 Å². The van der Waals surface area contributed by atoms with Gasteiger partial charge in [0.1, 0.15) is 5.54 Å². The van der Waals surface area contributed by atoms with E-state index in [9.17, 15) is 27.2 Å². The number of hydrogen-bond donors (Lipinski definition) is 1. The van der Waals surface area contributed by atoms with Crippen molar-refractivity contribution in [1.82, 2.24) is 5.32 Å². The van der Waals surface area contributed by atoms with Gasteiger partial charge in [0.2, 0.25) is 0 Å². The first-order valence-electron chi connectivity index (χ1n) is 5.18. The number of hydrogen-bond acceptors (Lipinski definition) is 3. The van der Waals surface area contributed by atoms with Crippen LogP contribution in [0.5, 0.6) is 0 Å². The quantitative estimate of drug-likeness (QED) is 0.592. The van der Waals surface area contributed by atoms with Crippen LogP contribution in [0.25, 0.3) is 0 Å². The number of halogens is 4. The van der Waals surface area contributed by atoms with E-state index in [4.69, 9.17) is 0 Å². The first-order valence-corrected chi connectivity index (χ1v) is 5.18. The van der Waals surface area contributed by atoms with Crippen molar-refractivity contribution in [3.63, 3.8) is 0 Å². The van der Waals surface area contributed by atoms with Gasteiger partial charge in [0.05, 0.1) is 7.11 Å². The molecular weight excluding hydrogens is 258 g/mol. The highest BCUT2D eigenvalue weighted by atomic mass is 19.3. The van der Waals surface area contributed by atoms with E-state index in [0.29, 0.717) is 6.42 Å². The van der Waals surface area contributed by atoms with Crippen molar-refractivity contribution >= 4 is 11.9 Å². The first kappa shape index (κ1) is 16.7. The molecule has 1 atom stereocenters. The minimum absolute atomic E-state index is 0.00920. The van der Waals surface area contributed by atoms with Crippen LogP contribution in [-0.2, 0) is 14.3 Å². The van der Waals surface area contributed by atoms with E-state index in [1.54, 1.807) is 12.2 Å². The minimum atomic E-state index is -4.84. The number of carbonyl (C=O) groups is 2. The third-order valence-corrected chi connectivity index (χ3v) is 2.35. The van der Waals surface area contributed by atoms with Gasteiger partial charge in [-0.05, 0) is 13.3 Å². The average molecular weight is 273 g/mol. The van der Waals surface area contributed by atoms with Crippen LogP contribution < -0.4 is 5.32 Å². The van der Waals surface area contributed by atoms with Gasteiger partial charge in [-0.1, -0.05) is 13.3 Å². The lowest BCUT2D eigenvalue weighted by Gasteiger charge is -2.29. The summed E-state index contributed by atoms with van der Waals surface area (Å²) in [6.07, 6.45) is -3.78. The molecule has 0 aromatic heterocycles. The molecule has 1 unspecified atom stereocenters. The van der Waals surface area contributed by atoms with Crippen molar-refractivity contribution in [2.75, 3.05) is 7.11 Å². The second kappa shape index (κ2) is 6.01. The number of amides is 1. The fraction of sp³-hybridized carbons (Fsp3) is 0.800. The SMILES string of the molecule is CCCC(C)(NC(=O)C(F)(F)C(F)F)C(=O)OC. The zero-order valence-corrected chi connectivity index (χ0v) is 10.2. The third kappa shape index (κ3) is 3.58. The smallest absolute Gasteiger partial charge is 0.383 e. The minimum Gasteiger partial charge on any atom is -0.467 e. The van der Waals surface area contributed by atoms with Crippen molar-refractivity contribution in [2.45, 2.75) is 44.6 Å². The Bertz CT molecular complexity index is 322. The van der Waals surface area contributed by atoms with Gasteiger partial charge < -0.3 is 10.1 Å². The molecule has 1 N–H and O–H groups in total. The largest absolute Gasteiger partial charge is 0.467 e. The number of alkyl halides is 4. The first-order chi connectivity index (χ1) is 8.11. The van der Waals surface area contributed by atoms with Crippen molar-refractivity contribution in [2.24, 2.45) is 0 Å². The van der Waals surface area contributed by atoms with Gasteiger partial charge in [0.25, 0.3) is 5.91 Å². The number of methoxy groups -OCH3 is 1. The van der Waals surface area contributed by atoms with E-state index in [-0.39, 0.29) is 6.42 Å². The molecule has 0 aliphatic rings. The summed E-state index contributed by atoms with van der Waals surface area (Å²) in [5.74, 6) is -8.01. The number of esters is 1. The van der Waals surface area contributed by atoms with Gasteiger partial charge in [-0.25, -0.2) is 13.6 Å². The average Bonchev–Trinajstić information content (AvgIpc) is 2.27. The maximum absolute atomic E-state index is 12.8. The number of nitrogens with one attached hydrogen (secondary N) is 1. The normalized spacial score (nSPS) is 15.1. The highest BCUT2D eigenvalue weighted by Crippen LogP contribution is 2.25. The van der Waals surface area contributed by atoms with Gasteiger partial charge >= 0.3 is 18.3 Å².